The van der Waals surface area contributed by atoms with E-state index in [9.17, 15) is 13.6 Å². The summed E-state index contributed by atoms with van der Waals surface area (Å²) in [6, 6.07) is 1.58. The Morgan fingerprint density at radius 2 is 2.12 bits per heavy atom. The topological polar surface area (TPSA) is 87.2 Å². The van der Waals surface area contributed by atoms with Crippen LogP contribution in [-0.4, -0.2) is 41.9 Å². The Morgan fingerprint density at radius 1 is 1.33 bits per heavy atom. The maximum atomic E-state index is 13.6. The maximum absolute atomic E-state index is 13.6. The third kappa shape index (κ3) is 2.59. The first-order valence-electron chi connectivity index (χ1n) is 7.30. The Labute approximate surface area is 135 Å². The molecule has 3 aromatic heterocycles. The Balaban J connectivity index is 2.23. The van der Waals surface area contributed by atoms with Crippen LogP contribution in [0.4, 0.5) is 8.78 Å². The van der Waals surface area contributed by atoms with Gasteiger partial charge in [0.25, 0.3) is 12.2 Å². The van der Waals surface area contributed by atoms with E-state index >= 15 is 0 Å². The molecule has 0 bridgehead atoms. The summed E-state index contributed by atoms with van der Waals surface area (Å²) in [5, 5.41) is 7.92. The fourth-order valence-corrected chi connectivity index (χ4v) is 2.29. The van der Waals surface area contributed by atoms with Crippen molar-refractivity contribution in [3.8, 4) is 5.82 Å². The van der Waals surface area contributed by atoms with Gasteiger partial charge in [-0.1, -0.05) is 6.92 Å². The van der Waals surface area contributed by atoms with Crippen LogP contribution in [-0.2, 0) is 11.2 Å². The van der Waals surface area contributed by atoms with Crippen LogP contribution in [0, 0.1) is 0 Å². The predicted molar refractivity (Wildman–Crippen MR) is 78.2 cm³/mol. The van der Waals surface area contributed by atoms with E-state index in [0.29, 0.717) is 12.1 Å². The largest absolute Gasteiger partial charge is 0.462 e. The molecule has 0 unspecified atom stereocenters. The van der Waals surface area contributed by atoms with Gasteiger partial charge in [0.1, 0.15) is 17.6 Å². The molecule has 0 N–H and O–H groups in total. The second kappa shape index (κ2) is 6.30. The van der Waals surface area contributed by atoms with Gasteiger partial charge in [0, 0.05) is 11.8 Å². The van der Waals surface area contributed by atoms with E-state index in [4.69, 9.17) is 4.74 Å². The summed E-state index contributed by atoms with van der Waals surface area (Å²) in [7, 11) is 0. The minimum Gasteiger partial charge on any atom is -0.462 e. The van der Waals surface area contributed by atoms with Gasteiger partial charge in [0.05, 0.1) is 12.8 Å². The van der Waals surface area contributed by atoms with Crippen molar-refractivity contribution >= 4 is 11.7 Å². The zero-order valence-electron chi connectivity index (χ0n) is 13.0. The number of hydrogen-bond acceptors (Lipinski definition) is 6. The first-order valence-corrected chi connectivity index (χ1v) is 7.30. The van der Waals surface area contributed by atoms with Crippen LogP contribution in [0.5, 0.6) is 0 Å². The van der Waals surface area contributed by atoms with Crippen LogP contribution >= 0.6 is 0 Å². The van der Waals surface area contributed by atoms with E-state index in [-0.39, 0.29) is 23.8 Å². The summed E-state index contributed by atoms with van der Waals surface area (Å²) < 4.78 is 34.2. The highest BCUT2D eigenvalue weighted by Crippen LogP contribution is 2.26. The molecule has 0 saturated heterocycles. The van der Waals surface area contributed by atoms with Crippen LogP contribution in [0.1, 0.15) is 42.0 Å². The molecular weight excluding hydrogens is 322 g/mol. The second-order valence-electron chi connectivity index (χ2n) is 4.81. The van der Waals surface area contributed by atoms with E-state index in [0.717, 1.165) is 10.9 Å². The molecule has 3 heterocycles. The van der Waals surface area contributed by atoms with E-state index in [1.165, 1.54) is 10.8 Å². The quantitative estimate of drug-likeness (QED) is 0.662. The normalized spacial score (nSPS) is 11.4. The predicted octanol–water partition coefficient (Wildman–Crippen LogP) is 1.99. The Hall–Kier alpha value is -2.91. The number of hydrogen-bond donors (Lipinski definition) is 0. The van der Waals surface area contributed by atoms with Crippen LogP contribution in [0.3, 0.4) is 0 Å². The van der Waals surface area contributed by atoms with Gasteiger partial charge in [0.15, 0.2) is 5.82 Å². The highest BCUT2D eigenvalue weighted by molar-refractivity contribution is 5.90. The first-order chi connectivity index (χ1) is 11.6. The van der Waals surface area contributed by atoms with E-state index in [1.54, 1.807) is 13.0 Å². The summed E-state index contributed by atoms with van der Waals surface area (Å²) in [5.41, 5.74) is -0.201. The van der Waals surface area contributed by atoms with Crippen molar-refractivity contribution in [3.05, 3.63) is 35.5 Å². The summed E-state index contributed by atoms with van der Waals surface area (Å²) in [6.45, 7) is 3.55. The Morgan fingerprint density at radius 3 is 2.79 bits per heavy atom. The van der Waals surface area contributed by atoms with Crippen molar-refractivity contribution in [3.63, 3.8) is 0 Å². The number of fused-ring (bicyclic) bond motifs is 1. The lowest BCUT2D eigenvalue weighted by molar-refractivity contribution is 0.0514. The minimum absolute atomic E-state index is 0.0786. The standard InChI is InChI=1S/C14H14F2N6O2/c1-3-8-5-10(22-14(20-8)17-7-19-22)21-11(12(15)16)9(6-18-21)13(23)24-4-2/h5-7,12H,3-4H2,1-2H3. The van der Waals surface area contributed by atoms with Crippen LogP contribution < -0.4 is 0 Å². The molecule has 24 heavy (non-hydrogen) atoms. The van der Waals surface area contributed by atoms with Gasteiger partial charge in [0.2, 0.25) is 0 Å². The number of ether oxygens (including phenoxy) is 1. The molecule has 0 aromatic carbocycles. The van der Waals surface area contributed by atoms with Gasteiger partial charge in [-0.2, -0.15) is 19.7 Å². The van der Waals surface area contributed by atoms with Crippen molar-refractivity contribution in [2.24, 2.45) is 0 Å². The highest BCUT2D eigenvalue weighted by atomic mass is 19.3. The van der Waals surface area contributed by atoms with Crippen LogP contribution in [0.25, 0.3) is 11.6 Å². The zero-order chi connectivity index (χ0) is 17.3. The number of aryl methyl sites for hydroxylation is 1. The minimum atomic E-state index is -2.93. The third-order valence-corrected chi connectivity index (χ3v) is 3.37. The molecule has 0 atom stereocenters. The molecule has 0 aliphatic heterocycles. The lowest BCUT2D eigenvalue weighted by Gasteiger charge is -2.10. The number of rotatable bonds is 5. The van der Waals surface area contributed by atoms with Gasteiger partial charge in [-0.05, 0) is 13.3 Å². The fraction of sp³-hybridized carbons (Fsp3) is 0.357. The molecule has 0 radical (unpaired) electrons. The molecule has 0 spiro atoms. The third-order valence-electron chi connectivity index (χ3n) is 3.37. The average Bonchev–Trinajstić information content (AvgIpc) is 3.20. The van der Waals surface area contributed by atoms with Crippen LogP contribution in [0.15, 0.2) is 18.6 Å². The zero-order valence-corrected chi connectivity index (χ0v) is 13.0. The van der Waals surface area contributed by atoms with Gasteiger partial charge in [-0.3, -0.25) is 0 Å². The number of alkyl halides is 2. The van der Waals surface area contributed by atoms with Gasteiger partial charge in [-0.25, -0.2) is 23.2 Å². The summed E-state index contributed by atoms with van der Waals surface area (Å²) in [4.78, 5) is 20.1. The molecular formula is C14H14F2N6O2. The van der Waals surface area contributed by atoms with Gasteiger partial charge < -0.3 is 4.74 Å². The molecule has 0 saturated carbocycles. The molecule has 0 fully saturated rings. The lowest BCUT2D eigenvalue weighted by Crippen LogP contribution is -2.13. The number of aromatic nitrogens is 6. The molecule has 0 amide bonds. The van der Waals surface area contributed by atoms with Gasteiger partial charge >= 0.3 is 5.97 Å². The fourth-order valence-electron chi connectivity index (χ4n) is 2.29. The lowest BCUT2D eigenvalue weighted by atomic mass is 10.2. The van der Waals surface area contributed by atoms with Crippen molar-refractivity contribution in [2.45, 2.75) is 26.7 Å². The summed E-state index contributed by atoms with van der Waals surface area (Å²) in [5.74, 6) is -0.364. The summed E-state index contributed by atoms with van der Waals surface area (Å²) >= 11 is 0. The van der Waals surface area contributed by atoms with Gasteiger partial charge in [-0.15, -0.1) is 0 Å². The van der Waals surface area contributed by atoms with Crippen molar-refractivity contribution in [1.29, 1.82) is 0 Å². The molecule has 10 heteroatoms. The Kier molecular flexibility index (Phi) is 4.19. The van der Waals surface area contributed by atoms with Crippen LogP contribution in [0.2, 0.25) is 0 Å². The molecule has 126 valence electrons. The number of nitrogens with zero attached hydrogens (tertiary/aromatic N) is 6. The molecule has 0 aliphatic rings. The van der Waals surface area contributed by atoms with E-state index in [1.807, 2.05) is 6.92 Å². The average molecular weight is 336 g/mol. The molecule has 3 aromatic rings. The van der Waals surface area contributed by atoms with E-state index < -0.39 is 18.1 Å². The number of carbonyl (C=O) groups excluding carboxylic acids is 1. The first kappa shape index (κ1) is 16.0. The molecule has 8 nitrogen and oxygen atoms in total. The van der Waals surface area contributed by atoms with Crippen molar-refractivity contribution in [2.75, 3.05) is 6.61 Å². The van der Waals surface area contributed by atoms with E-state index in [2.05, 4.69) is 20.2 Å². The monoisotopic (exact) mass is 336 g/mol. The molecule has 0 aliphatic carbocycles. The van der Waals surface area contributed by atoms with Crippen molar-refractivity contribution < 1.29 is 18.3 Å². The van der Waals surface area contributed by atoms with Crippen molar-refractivity contribution in [1.82, 2.24) is 29.4 Å². The SMILES string of the molecule is CCOC(=O)c1cnn(-c2cc(CC)nc3ncnn23)c1C(F)F. The highest BCUT2D eigenvalue weighted by Gasteiger charge is 2.27. The summed E-state index contributed by atoms with van der Waals surface area (Å²) in [6.07, 6.45) is -0.0206. The Bertz CT molecular complexity index is 889. The smallest absolute Gasteiger partial charge is 0.341 e. The maximum Gasteiger partial charge on any atom is 0.341 e. The second-order valence-corrected chi connectivity index (χ2v) is 4.81. The number of esters is 1. The number of halogens is 2. The number of carbonyl (C=O) groups is 1. The molecule has 3 rings (SSSR count).